The van der Waals surface area contributed by atoms with Crippen molar-refractivity contribution in [3.05, 3.63) is 10.0 Å². The van der Waals surface area contributed by atoms with Gasteiger partial charge in [0.2, 0.25) is 0 Å². The second-order valence-corrected chi connectivity index (χ2v) is 7.08. The number of hydrogen-bond donors (Lipinski definition) is 0. The number of piperidine rings is 2. The van der Waals surface area contributed by atoms with Gasteiger partial charge < -0.3 is 4.90 Å². The molecule has 1 aromatic rings. The number of nitrogens with zero attached hydrogens (tertiary/aromatic N) is 4. The minimum absolute atomic E-state index is 0.840. The molecule has 0 spiro atoms. The average molecular weight is 280 g/mol. The maximum Gasteiger partial charge on any atom is 0.131 e. The molecule has 2 aliphatic heterocycles. The van der Waals surface area contributed by atoms with Crippen molar-refractivity contribution in [1.29, 1.82) is 0 Å². The van der Waals surface area contributed by atoms with Gasteiger partial charge >= 0.3 is 0 Å². The summed E-state index contributed by atoms with van der Waals surface area (Å²) in [5.74, 6) is 0. The predicted molar refractivity (Wildman–Crippen MR) is 78.4 cm³/mol. The number of aryl methyl sites for hydroxylation is 1. The first kappa shape index (κ1) is 13.5. The second-order valence-electron chi connectivity index (χ2n) is 5.82. The van der Waals surface area contributed by atoms with Crippen molar-refractivity contribution in [2.24, 2.45) is 0 Å². The molecule has 4 nitrogen and oxygen atoms in total. The van der Waals surface area contributed by atoms with Crippen LogP contribution in [-0.4, -0.2) is 52.2 Å². The number of hydrogen-bond acceptors (Lipinski definition) is 5. The standard InChI is InChI=1S/C14H24N4S/c1-12-15-16-14(19-12)11-17-9-5-13(6-10-17)18-7-3-2-4-8-18/h13H,2-11H2,1H3. The van der Waals surface area contributed by atoms with Crippen molar-refractivity contribution in [3.8, 4) is 0 Å². The van der Waals surface area contributed by atoms with E-state index < -0.39 is 0 Å². The summed E-state index contributed by atoms with van der Waals surface area (Å²) in [4.78, 5) is 5.27. The zero-order valence-electron chi connectivity index (χ0n) is 11.8. The van der Waals surface area contributed by atoms with E-state index in [1.807, 2.05) is 6.92 Å². The molecule has 106 valence electrons. The van der Waals surface area contributed by atoms with Gasteiger partial charge in [-0.05, 0) is 45.7 Å². The average Bonchev–Trinajstić information content (AvgIpc) is 2.86. The highest BCUT2D eigenvalue weighted by molar-refractivity contribution is 7.11. The van der Waals surface area contributed by atoms with Crippen molar-refractivity contribution < 1.29 is 0 Å². The lowest BCUT2D eigenvalue weighted by atomic mass is 10.00. The first-order chi connectivity index (χ1) is 9.31. The van der Waals surface area contributed by atoms with E-state index in [1.165, 1.54) is 63.3 Å². The quantitative estimate of drug-likeness (QED) is 0.850. The highest BCUT2D eigenvalue weighted by Crippen LogP contribution is 2.22. The molecule has 0 N–H and O–H groups in total. The number of rotatable bonds is 3. The van der Waals surface area contributed by atoms with Crippen LogP contribution in [0.1, 0.15) is 42.1 Å². The maximum absolute atomic E-state index is 4.24. The van der Waals surface area contributed by atoms with E-state index in [-0.39, 0.29) is 0 Å². The Morgan fingerprint density at radius 3 is 2.42 bits per heavy atom. The van der Waals surface area contributed by atoms with E-state index in [2.05, 4.69) is 20.0 Å². The number of likely N-dealkylation sites (tertiary alicyclic amines) is 2. The third kappa shape index (κ3) is 3.52. The highest BCUT2D eigenvalue weighted by atomic mass is 32.1. The van der Waals surface area contributed by atoms with Gasteiger partial charge in [-0.15, -0.1) is 21.5 Å². The van der Waals surface area contributed by atoms with Crippen LogP contribution in [0.25, 0.3) is 0 Å². The number of aromatic nitrogens is 2. The minimum Gasteiger partial charge on any atom is -0.300 e. The minimum atomic E-state index is 0.840. The smallest absolute Gasteiger partial charge is 0.131 e. The summed E-state index contributed by atoms with van der Waals surface area (Å²) in [6.07, 6.45) is 6.91. The Kier molecular flexibility index (Phi) is 4.45. The zero-order chi connectivity index (χ0) is 13.1. The molecular formula is C14H24N4S. The molecular weight excluding hydrogens is 256 g/mol. The van der Waals surface area contributed by atoms with Gasteiger partial charge in [0, 0.05) is 19.1 Å². The molecule has 3 heterocycles. The molecule has 5 heteroatoms. The normalized spacial score (nSPS) is 23.8. The summed E-state index contributed by atoms with van der Waals surface area (Å²) in [7, 11) is 0. The molecule has 0 atom stereocenters. The summed E-state index contributed by atoms with van der Waals surface area (Å²) >= 11 is 1.74. The van der Waals surface area contributed by atoms with Crippen LogP contribution in [0.2, 0.25) is 0 Å². The zero-order valence-corrected chi connectivity index (χ0v) is 12.7. The first-order valence-corrected chi connectivity index (χ1v) is 8.38. The summed E-state index contributed by atoms with van der Waals surface area (Å²) in [5, 5.41) is 10.6. The van der Waals surface area contributed by atoms with Crippen LogP contribution in [0.4, 0.5) is 0 Å². The maximum atomic E-state index is 4.24. The molecule has 2 fully saturated rings. The second kappa shape index (κ2) is 6.29. The van der Waals surface area contributed by atoms with Crippen molar-refractivity contribution in [1.82, 2.24) is 20.0 Å². The molecule has 0 saturated carbocycles. The van der Waals surface area contributed by atoms with Crippen LogP contribution in [0, 0.1) is 6.92 Å². The van der Waals surface area contributed by atoms with E-state index in [9.17, 15) is 0 Å². The Labute approximate surface area is 119 Å². The molecule has 3 rings (SSSR count). The highest BCUT2D eigenvalue weighted by Gasteiger charge is 2.25. The Morgan fingerprint density at radius 1 is 1.05 bits per heavy atom. The summed E-state index contributed by atoms with van der Waals surface area (Å²) in [6, 6.07) is 0.840. The van der Waals surface area contributed by atoms with Crippen LogP contribution < -0.4 is 0 Å². The van der Waals surface area contributed by atoms with Gasteiger partial charge in [-0.1, -0.05) is 6.42 Å². The largest absolute Gasteiger partial charge is 0.300 e. The van der Waals surface area contributed by atoms with Gasteiger partial charge in [-0.25, -0.2) is 0 Å². The molecule has 0 unspecified atom stereocenters. The van der Waals surface area contributed by atoms with E-state index >= 15 is 0 Å². The van der Waals surface area contributed by atoms with Gasteiger partial charge in [-0.3, -0.25) is 4.90 Å². The Hall–Kier alpha value is -0.520. The molecule has 0 aliphatic carbocycles. The lowest BCUT2D eigenvalue weighted by Crippen LogP contribution is -2.46. The monoisotopic (exact) mass is 280 g/mol. The third-order valence-electron chi connectivity index (χ3n) is 4.39. The van der Waals surface area contributed by atoms with Gasteiger partial charge in [0.05, 0.1) is 6.54 Å². The molecule has 0 amide bonds. The fraction of sp³-hybridized carbons (Fsp3) is 0.857. The van der Waals surface area contributed by atoms with Gasteiger partial charge in [0.1, 0.15) is 10.0 Å². The fourth-order valence-electron chi connectivity index (χ4n) is 3.32. The molecule has 19 heavy (non-hydrogen) atoms. The molecule has 0 aromatic carbocycles. The predicted octanol–water partition coefficient (Wildman–Crippen LogP) is 2.30. The molecule has 2 aliphatic rings. The van der Waals surface area contributed by atoms with Crippen LogP contribution in [0.3, 0.4) is 0 Å². The fourth-order valence-corrected chi connectivity index (χ4v) is 4.07. The Balaban J connectivity index is 1.46. The molecule has 0 radical (unpaired) electrons. The summed E-state index contributed by atoms with van der Waals surface area (Å²) in [5.41, 5.74) is 0. The van der Waals surface area contributed by atoms with Crippen molar-refractivity contribution in [2.75, 3.05) is 26.2 Å². The van der Waals surface area contributed by atoms with Gasteiger partial charge in [-0.2, -0.15) is 0 Å². The van der Waals surface area contributed by atoms with Crippen LogP contribution in [-0.2, 0) is 6.54 Å². The van der Waals surface area contributed by atoms with Crippen molar-refractivity contribution in [3.63, 3.8) is 0 Å². The van der Waals surface area contributed by atoms with Crippen molar-refractivity contribution in [2.45, 2.75) is 51.6 Å². The lowest BCUT2D eigenvalue weighted by molar-refractivity contribution is 0.0895. The van der Waals surface area contributed by atoms with E-state index in [4.69, 9.17) is 0 Å². The topological polar surface area (TPSA) is 32.3 Å². The first-order valence-electron chi connectivity index (χ1n) is 7.56. The molecule has 0 bridgehead atoms. The summed E-state index contributed by atoms with van der Waals surface area (Å²) in [6.45, 7) is 8.14. The van der Waals surface area contributed by atoms with E-state index in [1.54, 1.807) is 11.3 Å². The van der Waals surface area contributed by atoms with Crippen molar-refractivity contribution >= 4 is 11.3 Å². The van der Waals surface area contributed by atoms with Crippen LogP contribution in [0.15, 0.2) is 0 Å². The van der Waals surface area contributed by atoms with Crippen LogP contribution in [0.5, 0.6) is 0 Å². The Morgan fingerprint density at radius 2 is 1.79 bits per heavy atom. The Bertz CT molecular complexity index is 392. The van der Waals surface area contributed by atoms with Gasteiger partial charge in [0.25, 0.3) is 0 Å². The van der Waals surface area contributed by atoms with Gasteiger partial charge in [0.15, 0.2) is 0 Å². The van der Waals surface area contributed by atoms with Crippen LogP contribution >= 0.6 is 11.3 Å². The molecule has 2 saturated heterocycles. The third-order valence-corrected chi connectivity index (χ3v) is 5.21. The van der Waals surface area contributed by atoms with E-state index in [0.29, 0.717) is 0 Å². The van der Waals surface area contributed by atoms with E-state index in [0.717, 1.165) is 17.6 Å². The SMILES string of the molecule is Cc1nnc(CN2CCC(N3CCCCC3)CC2)s1. The lowest BCUT2D eigenvalue weighted by Gasteiger charge is -2.40. The molecule has 1 aromatic heterocycles. The summed E-state index contributed by atoms with van der Waals surface area (Å²) < 4.78 is 0.